The molecule has 4 heteroatoms. The Morgan fingerprint density at radius 2 is 2.05 bits per heavy atom. The summed E-state index contributed by atoms with van der Waals surface area (Å²) in [6.45, 7) is 14.7. The minimum absolute atomic E-state index is 0.0187. The normalized spacial score (nSPS) is 22.8. The minimum atomic E-state index is -0.430. The molecule has 0 spiro atoms. The van der Waals surface area contributed by atoms with Gasteiger partial charge in [0, 0.05) is 19.6 Å². The third-order valence-corrected chi connectivity index (χ3v) is 3.77. The van der Waals surface area contributed by atoms with Gasteiger partial charge < -0.3 is 16.0 Å². The van der Waals surface area contributed by atoms with Gasteiger partial charge in [-0.1, -0.05) is 34.6 Å². The van der Waals surface area contributed by atoms with Crippen molar-refractivity contribution in [3.05, 3.63) is 0 Å². The van der Waals surface area contributed by atoms with Gasteiger partial charge in [-0.3, -0.25) is 4.79 Å². The maximum Gasteiger partial charge on any atom is 0.237 e. The standard InChI is InChI=1S/C15H31N3O/c1-11(2)9-18-7-6-12(10-18)8-17-14(19)13(16)15(3,4)5/h11-13H,6-10,16H2,1-5H3,(H,17,19)/t12?,13-/m1/s1. The highest BCUT2D eigenvalue weighted by molar-refractivity contribution is 5.82. The Kier molecular flexibility index (Phi) is 5.81. The molecule has 112 valence electrons. The van der Waals surface area contributed by atoms with E-state index in [0.717, 1.165) is 26.2 Å². The molecule has 3 N–H and O–H groups in total. The summed E-state index contributed by atoms with van der Waals surface area (Å²) in [7, 11) is 0. The fraction of sp³-hybridized carbons (Fsp3) is 0.933. The van der Waals surface area contributed by atoms with Crippen LogP contribution < -0.4 is 11.1 Å². The zero-order valence-corrected chi connectivity index (χ0v) is 13.2. The number of rotatable bonds is 5. The summed E-state index contributed by atoms with van der Waals surface area (Å²) in [5.74, 6) is 1.27. The smallest absolute Gasteiger partial charge is 0.237 e. The second-order valence-corrected chi connectivity index (χ2v) is 7.40. The van der Waals surface area contributed by atoms with Crippen LogP contribution in [0.2, 0.25) is 0 Å². The molecule has 1 aliphatic heterocycles. The Labute approximate surface area is 118 Å². The number of carbonyl (C=O) groups is 1. The molecule has 2 atom stereocenters. The van der Waals surface area contributed by atoms with Crippen LogP contribution >= 0.6 is 0 Å². The first-order chi connectivity index (χ1) is 8.70. The fourth-order valence-corrected chi connectivity index (χ4v) is 2.51. The van der Waals surface area contributed by atoms with Gasteiger partial charge in [-0.25, -0.2) is 0 Å². The lowest BCUT2D eigenvalue weighted by molar-refractivity contribution is -0.124. The van der Waals surface area contributed by atoms with Crippen LogP contribution in [0.25, 0.3) is 0 Å². The first-order valence-electron chi connectivity index (χ1n) is 7.45. The van der Waals surface area contributed by atoms with Crippen molar-refractivity contribution in [1.82, 2.24) is 10.2 Å². The lowest BCUT2D eigenvalue weighted by Gasteiger charge is -2.26. The molecule has 19 heavy (non-hydrogen) atoms. The lowest BCUT2D eigenvalue weighted by atomic mass is 9.87. The highest BCUT2D eigenvalue weighted by Crippen LogP contribution is 2.19. The summed E-state index contributed by atoms with van der Waals surface area (Å²) in [6, 6.07) is -0.430. The molecular formula is C15H31N3O. The van der Waals surface area contributed by atoms with Crippen LogP contribution in [0.4, 0.5) is 0 Å². The van der Waals surface area contributed by atoms with Gasteiger partial charge in [0.2, 0.25) is 5.91 Å². The third-order valence-electron chi connectivity index (χ3n) is 3.77. The van der Waals surface area contributed by atoms with E-state index in [1.807, 2.05) is 20.8 Å². The van der Waals surface area contributed by atoms with Crippen molar-refractivity contribution >= 4 is 5.91 Å². The molecule has 0 aliphatic carbocycles. The van der Waals surface area contributed by atoms with Gasteiger partial charge in [0.1, 0.15) is 0 Å². The fourth-order valence-electron chi connectivity index (χ4n) is 2.51. The number of nitrogens with one attached hydrogen (secondary N) is 1. The monoisotopic (exact) mass is 269 g/mol. The maximum atomic E-state index is 12.0. The Hall–Kier alpha value is -0.610. The predicted octanol–water partition coefficient (Wildman–Crippen LogP) is 1.45. The highest BCUT2D eigenvalue weighted by atomic mass is 16.2. The van der Waals surface area contributed by atoms with Crippen LogP contribution in [0.1, 0.15) is 41.0 Å². The van der Waals surface area contributed by atoms with Crippen LogP contribution in [0, 0.1) is 17.3 Å². The average molecular weight is 269 g/mol. The first kappa shape index (κ1) is 16.4. The molecule has 1 unspecified atom stereocenters. The molecular weight excluding hydrogens is 238 g/mol. The number of hydrogen-bond donors (Lipinski definition) is 2. The minimum Gasteiger partial charge on any atom is -0.354 e. The van der Waals surface area contributed by atoms with Crippen molar-refractivity contribution < 1.29 is 4.79 Å². The van der Waals surface area contributed by atoms with Gasteiger partial charge in [-0.05, 0) is 30.2 Å². The quantitative estimate of drug-likeness (QED) is 0.794. The van der Waals surface area contributed by atoms with E-state index in [-0.39, 0.29) is 11.3 Å². The van der Waals surface area contributed by atoms with Gasteiger partial charge in [0.05, 0.1) is 6.04 Å². The van der Waals surface area contributed by atoms with Crippen molar-refractivity contribution in [2.45, 2.75) is 47.1 Å². The summed E-state index contributed by atoms with van der Waals surface area (Å²) in [5.41, 5.74) is 5.77. The number of hydrogen-bond acceptors (Lipinski definition) is 3. The maximum absolute atomic E-state index is 12.0. The first-order valence-corrected chi connectivity index (χ1v) is 7.45. The molecule has 1 rings (SSSR count). The molecule has 4 nitrogen and oxygen atoms in total. The number of nitrogens with zero attached hydrogens (tertiary/aromatic N) is 1. The number of carbonyl (C=O) groups excluding carboxylic acids is 1. The summed E-state index contributed by atoms with van der Waals surface area (Å²) >= 11 is 0. The molecule has 0 aromatic rings. The van der Waals surface area contributed by atoms with Crippen molar-refractivity contribution in [2.24, 2.45) is 23.0 Å². The zero-order valence-electron chi connectivity index (χ0n) is 13.2. The average Bonchev–Trinajstić information content (AvgIpc) is 2.70. The molecule has 1 heterocycles. The van der Waals surface area contributed by atoms with Crippen molar-refractivity contribution in [3.63, 3.8) is 0 Å². The van der Waals surface area contributed by atoms with Crippen LogP contribution in [-0.2, 0) is 4.79 Å². The summed E-state index contributed by atoms with van der Waals surface area (Å²) < 4.78 is 0. The molecule has 1 aliphatic rings. The van der Waals surface area contributed by atoms with Gasteiger partial charge >= 0.3 is 0 Å². The molecule has 1 saturated heterocycles. The third kappa shape index (κ3) is 5.49. The van der Waals surface area contributed by atoms with E-state index in [2.05, 4.69) is 24.1 Å². The molecule has 0 bridgehead atoms. The van der Waals surface area contributed by atoms with Gasteiger partial charge in [-0.2, -0.15) is 0 Å². The predicted molar refractivity (Wildman–Crippen MR) is 79.8 cm³/mol. The number of nitrogens with two attached hydrogens (primary N) is 1. The van der Waals surface area contributed by atoms with Crippen LogP contribution in [-0.4, -0.2) is 43.0 Å². The molecule has 0 saturated carbocycles. The van der Waals surface area contributed by atoms with E-state index in [1.54, 1.807) is 0 Å². The highest BCUT2D eigenvalue weighted by Gasteiger charge is 2.29. The Morgan fingerprint density at radius 3 is 2.58 bits per heavy atom. The molecule has 0 radical (unpaired) electrons. The van der Waals surface area contributed by atoms with Crippen LogP contribution in [0.3, 0.4) is 0 Å². The SMILES string of the molecule is CC(C)CN1CCC(CNC(=O)[C@@H](N)C(C)(C)C)C1. The van der Waals surface area contributed by atoms with Crippen molar-refractivity contribution in [1.29, 1.82) is 0 Å². The molecule has 1 fully saturated rings. The number of likely N-dealkylation sites (tertiary alicyclic amines) is 1. The van der Waals surface area contributed by atoms with E-state index in [0.29, 0.717) is 11.8 Å². The van der Waals surface area contributed by atoms with Crippen LogP contribution in [0.15, 0.2) is 0 Å². The molecule has 1 amide bonds. The molecule has 0 aromatic heterocycles. The van der Waals surface area contributed by atoms with Gasteiger partial charge in [-0.15, -0.1) is 0 Å². The van der Waals surface area contributed by atoms with E-state index < -0.39 is 6.04 Å². The summed E-state index contributed by atoms with van der Waals surface area (Å²) in [5, 5.41) is 3.01. The van der Waals surface area contributed by atoms with E-state index >= 15 is 0 Å². The van der Waals surface area contributed by atoms with E-state index in [1.165, 1.54) is 6.42 Å². The topological polar surface area (TPSA) is 58.4 Å². The van der Waals surface area contributed by atoms with Crippen LogP contribution in [0.5, 0.6) is 0 Å². The Morgan fingerprint density at radius 1 is 1.42 bits per heavy atom. The second-order valence-electron chi connectivity index (χ2n) is 7.40. The van der Waals surface area contributed by atoms with Crippen molar-refractivity contribution in [2.75, 3.05) is 26.2 Å². The summed E-state index contributed by atoms with van der Waals surface area (Å²) in [6.07, 6.45) is 1.18. The zero-order chi connectivity index (χ0) is 14.6. The second kappa shape index (κ2) is 6.71. The largest absolute Gasteiger partial charge is 0.354 e. The van der Waals surface area contributed by atoms with Crippen molar-refractivity contribution in [3.8, 4) is 0 Å². The van der Waals surface area contributed by atoms with Gasteiger partial charge in [0.25, 0.3) is 0 Å². The Bertz CT molecular complexity index is 296. The molecule has 0 aromatic carbocycles. The van der Waals surface area contributed by atoms with E-state index in [4.69, 9.17) is 5.73 Å². The number of amides is 1. The lowest BCUT2D eigenvalue weighted by Crippen LogP contribution is -2.49. The van der Waals surface area contributed by atoms with Gasteiger partial charge in [0.15, 0.2) is 0 Å². The van der Waals surface area contributed by atoms with E-state index in [9.17, 15) is 4.79 Å². The summed E-state index contributed by atoms with van der Waals surface area (Å²) in [4.78, 5) is 14.4. The Balaban J connectivity index is 2.29.